The fourth-order valence-corrected chi connectivity index (χ4v) is 3.55. The van der Waals surface area contributed by atoms with Crippen molar-refractivity contribution in [2.75, 3.05) is 19.7 Å². The molecular formula is C21H24N2O4. The van der Waals surface area contributed by atoms with E-state index in [1.54, 1.807) is 24.0 Å². The molecule has 1 amide bonds. The van der Waals surface area contributed by atoms with Crippen LogP contribution in [0.15, 0.2) is 48.5 Å². The Balaban J connectivity index is 1.50. The predicted octanol–water partition coefficient (Wildman–Crippen LogP) is 3.76. The summed E-state index contributed by atoms with van der Waals surface area (Å²) in [5, 5.41) is 11.2. The molecule has 0 spiro atoms. The Hall–Kier alpha value is -2.89. The average molecular weight is 368 g/mol. The number of nitro groups is 1. The standard InChI is InChI=1S/C21H24N2O4/c1-16-6-5-9-19(21(16)23(25)26)27-15-20(24)22-12-10-18(11-13-22)14-17-7-3-2-4-8-17/h2-9,18H,10-15H2,1H3. The lowest BCUT2D eigenvalue weighted by Crippen LogP contribution is -2.41. The van der Waals surface area contributed by atoms with Gasteiger partial charge < -0.3 is 9.64 Å². The van der Waals surface area contributed by atoms with E-state index in [0.717, 1.165) is 19.3 Å². The van der Waals surface area contributed by atoms with Crippen molar-refractivity contribution in [3.05, 3.63) is 69.8 Å². The Kier molecular flexibility index (Phi) is 6.06. The van der Waals surface area contributed by atoms with Gasteiger partial charge in [0.15, 0.2) is 12.4 Å². The molecule has 142 valence electrons. The fourth-order valence-electron chi connectivity index (χ4n) is 3.55. The smallest absolute Gasteiger partial charge is 0.313 e. The van der Waals surface area contributed by atoms with E-state index < -0.39 is 4.92 Å². The third-order valence-corrected chi connectivity index (χ3v) is 5.07. The van der Waals surface area contributed by atoms with E-state index in [1.807, 2.05) is 6.07 Å². The quantitative estimate of drug-likeness (QED) is 0.575. The summed E-state index contributed by atoms with van der Waals surface area (Å²) in [4.78, 5) is 25.0. The molecule has 1 aliphatic heterocycles. The number of likely N-dealkylation sites (tertiary alicyclic amines) is 1. The first-order chi connectivity index (χ1) is 13.0. The Labute approximate surface area is 158 Å². The molecule has 2 aromatic carbocycles. The minimum atomic E-state index is -0.468. The van der Waals surface area contributed by atoms with E-state index in [4.69, 9.17) is 4.74 Å². The molecule has 27 heavy (non-hydrogen) atoms. The van der Waals surface area contributed by atoms with Gasteiger partial charge in [-0.25, -0.2) is 0 Å². The van der Waals surface area contributed by atoms with Crippen LogP contribution in [0.4, 0.5) is 5.69 Å². The van der Waals surface area contributed by atoms with Gasteiger partial charge in [-0.05, 0) is 43.7 Å². The van der Waals surface area contributed by atoms with Crippen molar-refractivity contribution in [2.45, 2.75) is 26.2 Å². The summed E-state index contributed by atoms with van der Waals surface area (Å²) in [6.07, 6.45) is 2.96. The number of hydrogen-bond donors (Lipinski definition) is 0. The Morgan fingerprint density at radius 1 is 1.15 bits per heavy atom. The van der Waals surface area contributed by atoms with Crippen LogP contribution in [-0.4, -0.2) is 35.4 Å². The van der Waals surface area contributed by atoms with Crippen LogP contribution in [0.5, 0.6) is 5.75 Å². The van der Waals surface area contributed by atoms with Crippen molar-refractivity contribution in [2.24, 2.45) is 5.92 Å². The molecule has 0 bridgehead atoms. The molecule has 0 aromatic heterocycles. The molecule has 0 aliphatic carbocycles. The van der Waals surface area contributed by atoms with Gasteiger partial charge in [0.1, 0.15) is 0 Å². The molecule has 0 unspecified atom stereocenters. The van der Waals surface area contributed by atoms with Crippen LogP contribution < -0.4 is 4.74 Å². The first-order valence-electron chi connectivity index (χ1n) is 9.23. The molecule has 0 radical (unpaired) electrons. The minimum Gasteiger partial charge on any atom is -0.477 e. The molecule has 2 aromatic rings. The second-order valence-electron chi connectivity index (χ2n) is 6.98. The molecule has 0 atom stereocenters. The van der Waals surface area contributed by atoms with Crippen LogP contribution in [0.3, 0.4) is 0 Å². The molecule has 3 rings (SSSR count). The lowest BCUT2D eigenvalue weighted by Gasteiger charge is -2.32. The van der Waals surface area contributed by atoms with Crippen molar-refractivity contribution in [1.82, 2.24) is 4.90 Å². The molecule has 6 nitrogen and oxygen atoms in total. The molecule has 6 heteroatoms. The third-order valence-electron chi connectivity index (χ3n) is 5.07. The number of ether oxygens (including phenoxy) is 1. The zero-order chi connectivity index (χ0) is 19.2. The van der Waals surface area contributed by atoms with Gasteiger partial charge in [-0.2, -0.15) is 0 Å². The van der Waals surface area contributed by atoms with Gasteiger partial charge in [-0.1, -0.05) is 42.5 Å². The minimum absolute atomic E-state index is 0.0770. The molecule has 0 saturated carbocycles. The summed E-state index contributed by atoms with van der Waals surface area (Å²) < 4.78 is 5.48. The lowest BCUT2D eigenvalue weighted by atomic mass is 9.90. The predicted molar refractivity (Wildman–Crippen MR) is 103 cm³/mol. The number of hydrogen-bond acceptors (Lipinski definition) is 4. The van der Waals surface area contributed by atoms with Crippen LogP contribution in [0.1, 0.15) is 24.0 Å². The monoisotopic (exact) mass is 368 g/mol. The Morgan fingerprint density at radius 3 is 2.52 bits per heavy atom. The van der Waals surface area contributed by atoms with E-state index in [0.29, 0.717) is 24.6 Å². The fraction of sp³-hybridized carbons (Fsp3) is 0.381. The number of carbonyl (C=O) groups is 1. The van der Waals surface area contributed by atoms with Crippen LogP contribution in [0.2, 0.25) is 0 Å². The van der Waals surface area contributed by atoms with Crippen molar-refractivity contribution >= 4 is 11.6 Å². The van der Waals surface area contributed by atoms with Gasteiger partial charge in [0, 0.05) is 18.7 Å². The lowest BCUT2D eigenvalue weighted by molar-refractivity contribution is -0.386. The zero-order valence-corrected chi connectivity index (χ0v) is 15.5. The number of amides is 1. The van der Waals surface area contributed by atoms with Gasteiger partial charge in [0.25, 0.3) is 5.91 Å². The number of nitro benzene ring substituents is 1. The van der Waals surface area contributed by atoms with Gasteiger partial charge in [-0.15, -0.1) is 0 Å². The van der Waals surface area contributed by atoms with Crippen molar-refractivity contribution in [3.8, 4) is 5.75 Å². The van der Waals surface area contributed by atoms with Gasteiger partial charge in [-0.3, -0.25) is 14.9 Å². The topological polar surface area (TPSA) is 72.7 Å². The second-order valence-corrected chi connectivity index (χ2v) is 6.98. The number of para-hydroxylation sites is 1. The highest BCUT2D eigenvalue weighted by Gasteiger charge is 2.24. The second kappa shape index (κ2) is 8.66. The van der Waals surface area contributed by atoms with Crippen LogP contribution in [0.25, 0.3) is 0 Å². The summed E-state index contributed by atoms with van der Waals surface area (Å²) in [7, 11) is 0. The van der Waals surface area contributed by atoms with E-state index in [2.05, 4.69) is 24.3 Å². The number of benzene rings is 2. The molecule has 1 saturated heterocycles. The van der Waals surface area contributed by atoms with Gasteiger partial charge in [0.05, 0.1) is 4.92 Å². The number of nitrogens with zero attached hydrogens (tertiary/aromatic N) is 2. The number of rotatable bonds is 6. The molecule has 1 aliphatic rings. The largest absolute Gasteiger partial charge is 0.477 e. The Bertz CT molecular complexity index is 799. The number of aryl methyl sites for hydroxylation is 1. The summed E-state index contributed by atoms with van der Waals surface area (Å²) in [6.45, 7) is 2.89. The number of piperidine rings is 1. The van der Waals surface area contributed by atoms with Crippen LogP contribution >= 0.6 is 0 Å². The van der Waals surface area contributed by atoms with E-state index in [9.17, 15) is 14.9 Å². The average Bonchev–Trinajstić information content (AvgIpc) is 2.67. The normalized spacial score (nSPS) is 14.8. The van der Waals surface area contributed by atoms with Crippen molar-refractivity contribution in [1.29, 1.82) is 0 Å². The first-order valence-corrected chi connectivity index (χ1v) is 9.23. The van der Waals surface area contributed by atoms with Gasteiger partial charge >= 0.3 is 5.69 Å². The highest BCUT2D eigenvalue weighted by molar-refractivity contribution is 5.78. The Morgan fingerprint density at radius 2 is 1.85 bits per heavy atom. The highest BCUT2D eigenvalue weighted by atomic mass is 16.6. The maximum Gasteiger partial charge on any atom is 0.313 e. The summed E-state index contributed by atoms with van der Waals surface area (Å²) in [6, 6.07) is 15.3. The van der Waals surface area contributed by atoms with E-state index >= 15 is 0 Å². The maximum atomic E-state index is 12.4. The van der Waals surface area contributed by atoms with Crippen LogP contribution in [0, 0.1) is 23.0 Å². The summed E-state index contributed by atoms with van der Waals surface area (Å²) in [5.41, 5.74) is 1.77. The van der Waals surface area contributed by atoms with Crippen LogP contribution in [-0.2, 0) is 11.2 Å². The van der Waals surface area contributed by atoms with Gasteiger partial charge in [0.2, 0.25) is 0 Å². The van der Waals surface area contributed by atoms with Crippen molar-refractivity contribution in [3.63, 3.8) is 0 Å². The maximum absolute atomic E-state index is 12.4. The zero-order valence-electron chi connectivity index (χ0n) is 15.5. The molecule has 1 fully saturated rings. The summed E-state index contributed by atoms with van der Waals surface area (Å²) in [5.74, 6) is 0.603. The van der Waals surface area contributed by atoms with Crippen molar-refractivity contribution < 1.29 is 14.5 Å². The molecule has 0 N–H and O–H groups in total. The highest BCUT2D eigenvalue weighted by Crippen LogP contribution is 2.30. The van der Waals surface area contributed by atoms with E-state index in [1.165, 1.54) is 11.6 Å². The summed E-state index contributed by atoms with van der Waals surface area (Å²) >= 11 is 0. The van der Waals surface area contributed by atoms with E-state index in [-0.39, 0.29) is 24.0 Å². The molecular weight excluding hydrogens is 344 g/mol. The molecule has 1 heterocycles. The SMILES string of the molecule is Cc1cccc(OCC(=O)N2CCC(Cc3ccccc3)CC2)c1[N+](=O)[O-]. The number of carbonyl (C=O) groups excluding carboxylic acids is 1. The first kappa shape index (κ1) is 18.9. The third kappa shape index (κ3) is 4.84.